The topological polar surface area (TPSA) is 38.0 Å². The highest BCUT2D eigenvalue weighted by molar-refractivity contribution is 5.34. The van der Waals surface area contributed by atoms with E-state index < -0.39 is 0 Å². The standard InChI is InChI=1S/C15H20N2O/c1-10-6-5-7-11(2)14(10)8-17-13(4)15(9-18)12(3)16-17/h5-7,18H,8-9H2,1-4H3. The van der Waals surface area contributed by atoms with E-state index in [4.69, 9.17) is 0 Å². The lowest BCUT2D eigenvalue weighted by molar-refractivity contribution is 0.280. The van der Waals surface area contributed by atoms with Gasteiger partial charge in [-0.2, -0.15) is 5.10 Å². The maximum Gasteiger partial charge on any atom is 0.0718 e. The highest BCUT2D eigenvalue weighted by Gasteiger charge is 2.12. The Morgan fingerprint density at radius 1 is 1.06 bits per heavy atom. The van der Waals surface area contributed by atoms with Gasteiger partial charge in [0.25, 0.3) is 0 Å². The third-order valence-corrected chi connectivity index (χ3v) is 3.64. The van der Waals surface area contributed by atoms with Crippen LogP contribution >= 0.6 is 0 Å². The minimum Gasteiger partial charge on any atom is -0.392 e. The zero-order valence-electron chi connectivity index (χ0n) is 11.5. The third kappa shape index (κ3) is 2.18. The number of hydrogen-bond donors (Lipinski definition) is 1. The summed E-state index contributed by atoms with van der Waals surface area (Å²) in [6.45, 7) is 9.04. The van der Waals surface area contributed by atoms with Crippen molar-refractivity contribution in [3.63, 3.8) is 0 Å². The molecule has 0 spiro atoms. The van der Waals surface area contributed by atoms with Gasteiger partial charge >= 0.3 is 0 Å². The Kier molecular flexibility index (Phi) is 3.53. The molecule has 0 aliphatic carbocycles. The number of benzene rings is 1. The Labute approximate surface area is 108 Å². The van der Waals surface area contributed by atoms with Crippen molar-refractivity contribution in [2.24, 2.45) is 0 Å². The van der Waals surface area contributed by atoms with Gasteiger partial charge < -0.3 is 5.11 Å². The predicted octanol–water partition coefficient (Wildman–Crippen LogP) is 2.66. The van der Waals surface area contributed by atoms with Gasteiger partial charge in [-0.25, -0.2) is 0 Å². The molecule has 1 heterocycles. The molecule has 1 N–H and O–H groups in total. The molecule has 0 aliphatic heterocycles. The quantitative estimate of drug-likeness (QED) is 0.901. The molecule has 0 atom stereocenters. The summed E-state index contributed by atoms with van der Waals surface area (Å²) in [5, 5.41) is 13.8. The summed E-state index contributed by atoms with van der Waals surface area (Å²) in [6, 6.07) is 6.33. The van der Waals surface area contributed by atoms with Gasteiger partial charge in [-0.15, -0.1) is 0 Å². The number of nitrogens with zero attached hydrogens (tertiary/aromatic N) is 2. The molecule has 2 rings (SSSR count). The van der Waals surface area contributed by atoms with Gasteiger partial charge in [0.15, 0.2) is 0 Å². The first-order valence-electron chi connectivity index (χ1n) is 6.23. The molecule has 96 valence electrons. The van der Waals surface area contributed by atoms with Gasteiger partial charge in [-0.1, -0.05) is 18.2 Å². The van der Waals surface area contributed by atoms with Crippen LogP contribution in [-0.4, -0.2) is 14.9 Å². The second-order valence-electron chi connectivity index (χ2n) is 4.84. The fraction of sp³-hybridized carbons (Fsp3) is 0.400. The molecule has 3 heteroatoms. The van der Waals surface area contributed by atoms with Gasteiger partial charge in [-0.05, 0) is 44.4 Å². The molecule has 3 nitrogen and oxygen atoms in total. The van der Waals surface area contributed by atoms with Crippen molar-refractivity contribution in [3.05, 3.63) is 51.8 Å². The van der Waals surface area contributed by atoms with Crippen LogP contribution in [0.2, 0.25) is 0 Å². The van der Waals surface area contributed by atoms with E-state index in [-0.39, 0.29) is 6.61 Å². The molecule has 0 unspecified atom stereocenters. The Balaban J connectivity index is 2.41. The zero-order chi connectivity index (χ0) is 13.3. The number of aromatic nitrogens is 2. The Morgan fingerprint density at radius 2 is 1.67 bits per heavy atom. The molecular weight excluding hydrogens is 224 g/mol. The van der Waals surface area contributed by atoms with E-state index in [0.717, 1.165) is 23.5 Å². The Hall–Kier alpha value is -1.61. The molecule has 0 saturated carbocycles. The van der Waals surface area contributed by atoms with E-state index in [1.54, 1.807) is 0 Å². The largest absolute Gasteiger partial charge is 0.392 e. The van der Waals surface area contributed by atoms with Crippen LogP contribution in [0.4, 0.5) is 0 Å². The minimum absolute atomic E-state index is 0.0599. The second-order valence-corrected chi connectivity index (χ2v) is 4.84. The molecule has 18 heavy (non-hydrogen) atoms. The van der Waals surface area contributed by atoms with E-state index in [2.05, 4.69) is 37.1 Å². The molecule has 1 aromatic heterocycles. The van der Waals surface area contributed by atoms with Crippen LogP contribution < -0.4 is 0 Å². The molecule has 0 aliphatic rings. The Morgan fingerprint density at radius 3 is 2.17 bits per heavy atom. The molecule has 1 aromatic carbocycles. The molecular formula is C15H20N2O. The van der Waals surface area contributed by atoms with E-state index >= 15 is 0 Å². The van der Waals surface area contributed by atoms with Gasteiger partial charge in [0.1, 0.15) is 0 Å². The van der Waals surface area contributed by atoms with Crippen molar-refractivity contribution in [1.82, 2.24) is 9.78 Å². The van der Waals surface area contributed by atoms with Crippen LogP contribution in [0.3, 0.4) is 0 Å². The van der Waals surface area contributed by atoms with E-state index in [1.807, 2.05) is 18.5 Å². The highest BCUT2D eigenvalue weighted by Crippen LogP contribution is 2.18. The molecule has 0 radical (unpaired) electrons. The monoisotopic (exact) mass is 244 g/mol. The summed E-state index contributed by atoms with van der Waals surface area (Å²) in [5.41, 5.74) is 6.80. The second kappa shape index (κ2) is 4.94. The van der Waals surface area contributed by atoms with Gasteiger partial charge in [0.2, 0.25) is 0 Å². The highest BCUT2D eigenvalue weighted by atomic mass is 16.3. The lowest BCUT2D eigenvalue weighted by Gasteiger charge is -2.11. The van der Waals surface area contributed by atoms with Gasteiger partial charge in [-0.3, -0.25) is 4.68 Å². The smallest absolute Gasteiger partial charge is 0.0718 e. The first kappa shape index (κ1) is 12.8. The molecule has 0 fully saturated rings. The van der Waals surface area contributed by atoms with Crippen LogP contribution in [0.1, 0.15) is 33.6 Å². The fourth-order valence-electron chi connectivity index (χ4n) is 2.36. The molecule has 0 bridgehead atoms. The van der Waals surface area contributed by atoms with Crippen molar-refractivity contribution >= 4 is 0 Å². The number of aliphatic hydroxyl groups excluding tert-OH is 1. The summed E-state index contributed by atoms with van der Waals surface area (Å²) in [7, 11) is 0. The summed E-state index contributed by atoms with van der Waals surface area (Å²) in [4.78, 5) is 0. The summed E-state index contributed by atoms with van der Waals surface area (Å²) in [6.07, 6.45) is 0. The predicted molar refractivity (Wildman–Crippen MR) is 72.6 cm³/mol. The van der Waals surface area contributed by atoms with Crippen LogP contribution in [0.15, 0.2) is 18.2 Å². The van der Waals surface area contributed by atoms with E-state index in [9.17, 15) is 5.11 Å². The molecule has 0 saturated heterocycles. The van der Waals surface area contributed by atoms with Crippen LogP contribution in [0, 0.1) is 27.7 Å². The van der Waals surface area contributed by atoms with Crippen molar-refractivity contribution in [2.45, 2.75) is 40.8 Å². The minimum atomic E-state index is 0.0599. The van der Waals surface area contributed by atoms with Crippen molar-refractivity contribution in [2.75, 3.05) is 0 Å². The Bertz CT molecular complexity index is 550. The molecule has 0 amide bonds. The number of hydrogen-bond acceptors (Lipinski definition) is 2. The lowest BCUT2D eigenvalue weighted by Crippen LogP contribution is -2.07. The van der Waals surface area contributed by atoms with Crippen molar-refractivity contribution < 1.29 is 5.11 Å². The first-order chi connectivity index (χ1) is 8.54. The third-order valence-electron chi connectivity index (χ3n) is 3.64. The maximum absolute atomic E-state index is 9.33. The van der Waals surface area contributed by atoms with Crippen LogP contribution in [0.25, 0.3) is 0 Å². The zero-order valence-corrected chi connectivity index (χ0v) is 11.5. The fourth-order valence-corrected chi connectivity index (χ4v) is 2.36. The number of aliphatic hydroxyl groups is 1. The number of rotatable bonds is 3. The summed E-state index contributed by atoms with van der Waals surface area (Å²) >= 11 is 0. The van der Waals surface area contributed by atoms with Crippen molar-refractivity contribution in [3.8, 4) is 0 Å². The average molecular weight is 244 g/mol. The number of aryl methyl sites for hydroxylation is 3. The summed E-state index contributed by atoms with van der Waals surface area (Å²) < 4.78 is 1.98. The SMILES string of the molecule is Cc1cccc(C)c1Cn1nc(C)c(CO)c1C. The van der Waals surface area contributed by atoms with Gasteiger partial charge in [0, 0.05) is 11.3 Å². The van der Waals surface area contributed by atoms with Crippen molar-refractivity contribution in [1.29, 1.82) is 0 Å². The maximum atomic E-state index is 9.33. The lowest BCUT2D eigenvalue weighted by atomic mass is 10.0. The van der Waals surface area contributed by atoms with Gasteiger partial charge in [0.05, 0.1) is 18.8 Å². The normalized spacial score (nSPS) is 10.9. The molecule has 2 aromatic rings. The van der Waals surface area contributed by atoms with Crippen LogP contribution in [-0.2, 0) is 13.2 Å². The van der Waals surface area contributed by atoms with E-state index in [0.29, 0.717) is 0 Å². The van der Waals surface area contributed by atoms with E-state index in [1.165, 1.54) is 16.7 Å². The average Bonchev–Trinajstić information content (AvgIpc) is 2.59. The first-order valence-corrected chi connectivity index (χ1v) is 6.23. The van der Waals surface area contributed by atoms with Crippen LogP contribution in [0.5, 0.6) is 0 Å². The summed E-state index contributed by atoms with van der Waals surface area (Å²) in [5.74, 6) is 0.